The summed E-state index contributed by atoms with van der Waals surface area (Å²) in [5.74, 6) is 0.297. The normalized spacial score (nSPS) is 12.8. The SMILES string of the molecule is CCOc1c(C)cc(S(=O)(=O)NCC(OC)c2cccc(F)c2)cc1C. The van der Waals surface area contributed by atoms with Gasteiger partial charge in [-0.3, -0.25) is 0 Å². The summed E-state index contributed by atoms with van der Waals surface area (Å²) in [5, 5.41) is 0. The number of benzene rings is 2. The molecular formula is C19H24FNO4S. The van der Waals surface area contributed by atoms with Crippen molar-refractivity contribution in [3.8, 4) is 5.75 Å². The lowest BCUT2D eigenvalue weighted by Crippen LogP contribution is -2.29. The van der Waals surface area contributed by atoms with Gasteiger partial charge in [0, 0.05) is 13.7 Å². The van der Waals surface area contributed by atoms with Crippen LogP contribution in [-0.4, -0.2) is 28.7 Å². The molecule has 0 fully saturated rings. The van der Waals surface area contributed by atoms with Crippen LogP contribution in [-0.2, 0) is 14.8 Å². The van der Waals surface area contributed by atoms with Gasteiger partial charge in [0.25, 0.3) is 0 Å². The van der Waals surface area contributed by atoms with E-state index in [9.17, 15) is 12.8 Å². The highest BCUT2D eigenvalue weighted by molar-refractivity contribution is 7.89. The molecule has 0 aliphatic heterocycles. The Morgan fingerprint density at radius 3 is 2.35 bits per heavy atom. The zero-order valence-electron chi connectivity index (χ0n) is 15.4. The first-order valence-electron chi connectivity index (χ1n) is 8.30. The number of ether oxygens (including phenoxy) is 2. The highest BCUT2D eigenvalue weighted by Crippen LogP contribution is 2.27. The van der Waals surface area contributed by atoms with Crippen LogP contribution in [0.4, 0.5) is 4.39 Å². The van der Waals surface area contributed by atoms with Crippen molar-refractivity contribution in [2.45, 2.75) is 31.8 Å². The van der Waals surface area contributed by atoms with E-state index >= 15 is 0 Å². The fraction of sp³-hybridized carbons (Fsp3) is 0.368. The van der Waals surface area contributed by atoms with E-state index in [2.05, 4.69) is 4.72 Å². The Labute approximate surface area is 154 Å². The van der Waals surface area contributed by atoms with Crippen LogP contribution >= 0.6 is 0 Å². The molecule has 0 spiro atoms. The van der Waals surface area contributed by atoms with Crippen LogP contribution in [0.25, 0.3) is 0 Å². The second-order valence-corrected chi connectivity index (χ2v) is 7.72. The van der Waals surface area contributed by atoms with Crippen molar-refractivity contribution < 1.29 is 22.3 Å². The summed E-state index contributed by atoms with van der Waals surface area (Å²) < 4.78 is 52.1. The van der Waals surface area contributed by atoms with Gasteiger partial charge in [0.1, 0.15) is 11.6 Å². The quantitative estimate of drug-likeness (QED) is 0.760. The van der Waals surface area contributed by atoms with Crippen LogP contribution in [0.15, 0.2) is 41.3 Å². The summed E-state index contributed by atoms with van der Waals surface area (Å²) in [6.07, 6.45) is -0.592. The van der Waals surface area contributed by atoms with Crippen molar-refractivity contribution in [3.63, 3.8) is 0 Å². The Balaban J connectivity index is 2.20. The standard InChI is InChI=1S/C19H24FNO4S/c1-5-25-19-13(2)9-17(10-14(19)3)26(22,23)21-12-18(24-4)15-7-6-8-16(20)11-15/h6-11,18,21H,5,12H2,1-4H3. The fourth-order valence-electron chi connectivity index (χ4n) is 2.75. The molecule has 0 bridgehead atoms. The maximum Gasteiger partial charge on any atom is 0.240 e. The molecule has 0 saturated heterocycles. The molecule has 0 amide bonds. The van der Waals surface area contributed by atoms with E-state index in [1.165, 1.54) is 19.2 Å². The summed E-state index contributed by atoms with van der Waals surface area (Å²) >= 11 is 0. The monoisotopic (exact) mass is 381 g/mol. The molecule has 0 radical (unpaired) electrons. The Hall–Kier alpha value is -1.96. The molecule has 5 nitrogen and oxygen atoms in total. The van der Waals surface area contributed by atoms with E-state index in [1.807, 2.05) is 20.8 Å². The number of sulfonamides is 1. The summed E-state index contributed by atoms with van der Waals surface area (Å²) in [6.45, 7) is 5.99. The molecular weight excluding hydrogens is 357 g/mol. The summed E-state index contributed by atoms with van der Waals surface area (Å²) in [4.78, 5) is 0.157. The molecule has 1 N–H and O–H groups in total. The van der Waals surface area contributed by atoms with Gasteiger partial charge < -0.3 is 9.47 Å². The predicted molar refractivity (Wildman–Crippen MR) is 98.4 cm³/mol. The second kappa shape index (κ2) is 8.62. The van der Waals surface area contributed by atoms with Crippen LogP contribution in [0.2, 0.25) is 0 Å². The van der Waals surface area contributed by atoms with Crippen LogP contribution < -0.4 is 9.46 Å². The Morgan fingerprint density at radius 2 is 1.81 bits per heavy atom. The van der Waals surface area contributed by atoms with Crippen molar-refractivity contribution >= 4 is 10.0 Å². The van der Waals surface area contributed by atoms with Crippen molar-refractivity contribution in [1.82, 2.24) is 4.72 Å². The number of rotatable bonds is 8. The van der Waals surface area contributed by atoms with Crippen LogP contribution in [0.1, 0.15) is 29.7 Å². The average molecular weight is 381 g/mol. The Bertz CT molecular complexity index is 845. The minimum absolute atomic E-state index is 0.00636. The molecule has 0 aliphatic rings. The van der Waals surface area contributed by atoms with Crippen molar-refractivity contribution in [3.05, 3.63) is 58.9 Å². The molecule has 0 saturated carbocycles. The molecule has 0 heterocycles. The maximum atomic E-state index is 13.4. The first-order chi connectivity index (χ1) is 12.3. The summed E-state index contributed by atoms with van der Waals surface area (Å²) in [5.41, 5.74) is 2.07. The lowest BCUT2D eigenvalue weighted by Gasteiger charge is -2.18. The molecule has 0 aliphatic carbocycles. The summed E-state index contributed by atoms with van der Waals surface area (Å²) in [7, 11) is -2.29. The molecule has 2 rings (SSSR count). The van der Waals surface area contributed by atoms with E-state index in [4.69, 9.17) is 9.47 Å². The number of hydrogen-bond acceptors (Lipinski definition) is 4. The van der Waals surface area contributed by atoms with Gasteiger partial charge in [0.2, 0.25) is 10.0 Å². The first-order valence-corrected chi connectivity index (χ1v) is 9.78. The molecule has 0 aromatic heterocycles. The molecule has 26 heavy (non-hydrogen) atoms. The minimum Gasteiger partial charge on any atom is -0.493 e. The number of hydrogen-bond donors (Lipinski definition) is 1. The Kier molecular flexibility index (Phi) is 6.75. The molecule has 2 aromatic carbocycles. The van der Waals surface area contributed by atoms with E-state index in [0.29, 0.717) is 17.9 Å². The zero-order valence-corrected chi connectivity index (χ0v) is 16.2. The fourth-order valence-corrected chi connectivity index (χ4v) is 3.95. The highest BCUT2D eigenvalue weighted by Gasteiger charge is 2.20. The third-order valence-corrected chi connectivity index (χ3v) is 5.40. The molecule has 1 atom stereocenters. The molecule has 1 unspecified atom stereocenters. The second-order valence-electron chi connectivity index (χ2n) is 5.95. The van der Waals surface area contributed by atoms with Gasteiger partial charge in [-0.05, 0) is 61.7 Å². The van der Waals surface area contributed by atoms with Crippen molar-refractivity contribution in [1.29, 1.82) is 0 Å². The van der Waals surface area contributed by atoms with Gasteiger partial charge in [-0.2, -0.15) is 0 Å². The number of nitrogens with one attached hydrogen (secondary N) is 1. The van der Waals surface area contributed by atoms with E-state index < -0.39 is 21.9 Å². The largest absolute Gasteiger partial charge is 0.493 e. The lowest BCUT2D eigenvalue weighted by molar-refractivity contribution is 0.107. The third-order valence-electron chi connectivity index (χ3n) is 4.00. The van der Waals surface area contributed by atoms with Gasteiger partial charge in [0.15, 0.2) is 0 Å². The van der Waals surface area contributed by atoms with Gasteiger partial charge in [0.05, 0.1) is 17.6 Å². The lowest BCUT2D eigenvalue weighted by atomic mass is 10.1. The van der Waals surface area contributed by atoms with Crippen LogP contribution in [0.3, 0.4) is 0 Å². The van der Waals surface area contributed by atoms with Crippen LogP contribution in [0, 0.1) is 19.7 Å². The number of aryl methyl sites for hydroxylation is 2. The zero-order chi connectivity index (χ0) is 19.3. The topological polar surface area (TPSA) is 64.6 Å². The molecule has 142 valence electrons. The smallest absolute Gasteiger partial charge is 0.240 e. The van der Waals surface area contributed by atoms with E-state index in [1.54, 1.807) is 24.3 Å². The number of halogens is 1. The molecule has 2 aromatic rings. The number of methoxy groups -OCH3 is 1. The van der Waals surface area contributed by atoms with Gasteiger partial charge in [-0.15, -0.1) is 0 Å². The average Bonchev–Trinajstić information content (AvgIpc) is 2.58. The highest BCUT2D eigenvalue weighted by atomic mass is 32.2. The van der Waals surface area contributed by atoms with Gasteiger partial charge in [-0.25, -0.2) is 17.5 Å². The maximum absolute atomic E-state index is 13.4. The minimum atomic E-state index is -3.74. The Morgan fingerprint density at radius 1 is 1.15 bits per heavy atom. The van der Waals surface area contributed by atoms with Crippen molar-refractivity contribution in [2.75, 3.05) is 20.3 Å². The van der Waals surface area contributed by atoms with Gasteiger partial charge in [-0.1, -0.05) is 12.1 Å². The molecule has 7 heteroatoms. The van der Waals surface area contributed by atoms with Crippen LogP contribution in [0.5, 0.6) is 5.75 Å². The first kappa shape index (κ1) is 20.4. The third kappa shape index (κ3) is 4.81. The predicted octanol–water partition coefficient (Wildman–Crippen LogP) is 3.51. The van der Waals surface area contributed by atoms with Crippen molar-refractivity contribution in [2.24, 2.45) is 0 Å². The summed E-state index contributed by atoms with van der Waals surface area (Å²) in [6, 6.07) is 9.05. The van der Waals surface area contributed by atoms with E-state index in [0.717, 1.165) is 11.1 Å². The van der Waals surface area contributed by atoms with Gasteiger partial charge >= 0.3 is 0 Å². The van der Waals surface area contributed by atoms with E-state index in [-0.39, 0.29) is 11.4 Å².